The Balaban J connectivity index is 2.15. The van der Waals surface area contributed by atoms with Gasteiger partial charge in [-0.3, -0.25) is 4.98 Å². The van der Waals surface area contributed by atoms with Crippen LogP contribution in [-0.4, -0.2) is 4.98 Å². The molecule has 1 atom stereocenters. The SMILES string of the molecule is NC(Cc1ccco1)c1ncccc1Cl. The molecule has 2 N–H and O–H groups in total. The smallest absolute Gasteiger partial charge is 0.105 e. The molecule has 0 saturated heterocycles. The summed E-state index contributed by atoms with van der Waals surface area (Å²) in [5, 5.41) is 0.594. The number of furan rings is 1. The predicted octanol–water partition coefficient (Wildman–Crippen LogP) is 2.57. The van der Waals surface area contributed by atoms with Crippen molar-refractivity contribution >= 4 is 11.6 Å². The van der Waals surface area contributed by atoms with E-state index in [9.17, 15) is 0 Å². The Labute approximate surface area is 92.9 Å². The summed E-state index contributed by atoms with van der Waals surface area (Å²) >= 11 is 5.99. The second-order valence-corrected chi connectivity index (χ2v) is 3.67. The van der Waals surface area contributed by atoms with Gasteiger partial charge < -0.3 is 10.2 Å². The monoisotopic (exact) mass is 222 g/mol. The van der Waals surface area contributed by atoms with E-state index in [1.165, 1.54) is 0 Å². The van der Waals surface area contributed by atoms with Crippen molar-refractivity contribution in [1.82, 2.24) is 4.98 Å². The Morgan fingerprint density at radius 2 is 2.27 bits per heavy atom. The molecule has 1 unspecified atom stereocenters. The largest absolute Gasteiger partial charge is 0.469 e. The molecule has 0 amide bonds. The van der Waals surface area contributed by atoms with Gasteiger partial charge in [0.2, 0.25) is 0 Å². The van der Waals surface area contributed by atoms with Gasteiger partial charge in [0, 0.05) is 12.6 Å². The highest BCUT2D eigenvalue weighted by Crippen LogP contribution is 2.21. The van der Waals surface area contributed by atoms with Gasteiger partial charge in [-0.1, -0.05) is 11.6 Å². The van der Waals surface area contributed by atoms with Crippen molar-refractivity contribution in [3.8, 4) is 0 Å². The Hall–Kier alpha value is -1.32. The molecule has 78 valence electrons. The van der Waals surface area contributed by atoms with Crippen molar-refractivity contribution in [2.45, 2.75) is 12.5 Å². The van der Waals surface area contributed by atoms with Gasteiger partial charge in [-0.2, -0.15) is 0 Å². The molecule has 2 heterocycles. The minimum absolute atomic E-state index is 0.232. The van der Waals surface area contributed by atoms with E-state index in [0.29, 0.717) is 17.1 Å². The lowest BCUT2D eigenvalue weighted by molar-refractivity contribution is 0.486. The average molecular weight is 223 g/mol. The standard InChI is InChI=1S/C11H11ClN2O/c12-9-4-1-5-14-11(9)10(13)7-8-3-2-6-15-8/h1-6,10H,7,13H2. The highest BCUT2D eigenvalue weighted by Gasteiger charge is 2.13. The van der Waals surface area contributed by atoms with E-state index in [-0.39, 0.29) is 6.04 Å². The number of aromatic nitrogens is 1. The van der Waals surface area contributed by atoms with Crippen LogP contribution in [0.3, 0.4) is 0 Å². The molecule has 2 aromatic heterocycles. The number of pyridine rings is 1. The second kappa shape index (κ2) is 4.47. The predicted molar refractivity (Wildman–Crippen MR) is 58.6 cm³/mol. The van der Waals surface area contributed by atoms with Crippen molar-refractivity contribution in [1.29, 1.82) is 0 Å². The fourth-order valence-corrected chi connectivity index (χ4v) is 1.67. The van der Waals surface area contributed by atoms with Crippen molar-refractivity contribution in [3.63, 3.8) is 0 Å². The third kappa shape index (κ3) is 2.37. The molecular formula is C11H11ClN2O. The average Bonchev–Trinajstić information content (AvgIpc) is 2.71. The number of halogens is 1. The molecule has 0 aliphatic heterocycles. The van der Waals surface area contributed by atoms with Crippen molar-refractivity contribution < 1.29 is 4.42 Å². The van der Waals surface area contributed by atoms with E-state index in [1.54, 1.807) is 24.6 Å². The van der Waals surface area contributed by atoms with Crippen molar-refractivity contribution in [2.75, 3.05) is 0 Å². The number of rotatable bonds is 3. The zero-order chi connectivity index (χ0) is 10.7. The first-order valence-electron chi connectivity index (χ1n) is 4.66. The van der Waals surface area contributed by atoms with Crippen molar-refractivity contribution in [3.05, 3.63) is 53.2 Å². The van der Waals surface area contributed by atoms with Crippen molar-refractivity contribution in [2.24, 2.45) is 5.73 Å². The second-order valence-electron chi connectivity index (χ2n) is 3.26. The molecule has 0 aromatic carbocycles. The number of hydrogen-bond donors (Lipinski definition) is 1. The Morgan fingerprint density at radius 3 is 2.93 bits per heavy atom. The van der Waals surface area contributed by atoms with Crippen LogP contribution in [0, 0.1) is 0 Å². The third-order valence-electron chi connectivity index (χ3n) is 2.14. The van der Waals surface area contributed by atoms with Crippen LogP contribution in [0.1, 0.15) is 17.5 Å². The number of nitrogens with two attached hydrogens (primary N) is 1. The van der Waals surface area contributed by atoms with Crippen LogP contribution in [0.25, 0.3) is 0 Å². The molecule has 0 saturated carbocycles. The zero-order valence-corrected chi connectivity index (χ0v) is 8.82. The number of hydrogen-bond acceptors (Lipinski definition) is 3. The fourth-order valence-electron chi connectivity index (χ4n) is 1.41. The summed E-state index contributed by atoms with van der Waals surface area (Å²) in [6, 6.07) is 7.06. The van der Waals surface area contributed by atoms with Gasteiger partial charge in [-0.25, -0.2) is 0 Å². The Kier molecular flexibility index (Phi) is 3.04. The lowest BCUT2D eigenvalue weighted by atomic mass is 10.1. The fraction of sp³-hybridized carbons (Fsp3) is 0.182. The Bertz CT molecular complexity index is 428. The van der Waals surface area contributed by atoms with E-state index in [4.69, 9.17) is 21.8 Å². The van der Waals surface area contributed by atoms with Crippen LogP contribution in [0.4, 0.5) is 0 Å². The zero-order valence-electron chi connectivity index (χ0n) is 8.06. The highest BCUT2D eigenvalue weighted by atomic mass is 35.5. The Morgan fingerprint density at radius 1 is 1.40 bits per heavy atom. The van der Waals surface area contributed by atoms with Gasteiger partial charge in [-0.05, 0) is 24.3 Å². The van der Waals surface area contributed by atoms with Crippen LogP contribution >= 0.6 is 11.6 Å². The summed E-state index contributed by atoms with van der Waals surface area (Å²) in [5.41, 5.74) is 6.68. The summed E-state index contributed by atoms with van der Waals surface area (Å²) in [6.45, 7) is 0. The normalized spacial score (nSPS) is 12.7. The molecular weight excluding hydrogens is 212 g/mol. The topological polar surface area (TPSA) is 52.0 Å². The first-order valence-corrected chi connectivity index (χ1v) is 5.03. The quantitative estimate of drug-likeness (QED) is 0.869. The van der Waals surface area contributed by atoms with Crippen LogP contribution < -0.4 is 5.73 Å². The summed E-state index contributed by atoms with van der Waals surface area (Å²) in [6.07, 6.45) is 3.91. The van der Waals surface area contributed by atoms with E-state index in [0.717, 1.165) is 5.76 Å². The molecule has 4 heteroatoms. The lowest BCUT2D eigenvalue weighted by Crippen LogP contribution is -2.15. The van der Waals surface area contributed by atoms with E-state index >= 15 is 0 Å². The molecule has 3 nitrogen and oxygen atoms in total. The van der Waals surface area contributed by atoms with Gasteiger partial charge in [0.25, 0.3) is 0 Å². The van der Waals surface area contributed by atoms with E-state index in [1.807, 2.05) is 12.1 Å². The van der Waals surface area contributed by atoms with Gasteiger partial charge in [-0.15, -0.1) is 0 Å². The van der Waals surface area contributed by atoms with E-state index in [2.05, 4.69) is 4.98 Å². The maximum Gasteiger partial charge on any atom is 0.105 e. The summed E-state index contributed by atoms with van der Waals surface area (Å²) < 4.78 is 5.21. The maximum absolute atomic E-state index is 5.99. The lowest BCUT2D eigenvalue weighted by Gasteiger charge is -2.10. The van der Waals surface area contributed by atoms with Crippen LogP contribution in [0.2, 0.25) is 5.02 Å². The van der Waals surface area contributed by atoms with Crippen LogP contribution in [-0.2, 0) is 6.42 Å². The molecule has 0 spiro atoms. The summed E-state index contributed by atoms with van der Waals surface area (Å²) in [5.74, 6) is 0.837. The van der Waals surface area contributed by atoms with Gasteiger partial charge in [0.1, 0.15) is 5.76 Å². The first kappa shape index (κ1) is 10.2. The van der Waals surface area contributed by atoms with Gasteiger partial charge in [0.05, 0.1) is 23.0 Å². The molecule has 15 heavy (non-hydrogen) atoms. The highest BCUT2D eigenvalue weighted by molar-refractivity contribution is 6.31. The molecule has 2 aromatic rings. The van der Waals surface area contributed by atoms with Gasteiger partial charge >= 0.3 is 0 Å². The van der Waals surface area contributed by atoms with E-state index < -0.39 is 0 Å². The minimum atomic E-state index is -0.232. The van der Waals surface area contributed by atoms with Crippen LogP contribution in [0.15, 0.2) is 41.1 Å². The maximum atomic E-state index is 5.99. The molecule has 2 rings (SSSR count). The number of nitrogens with zero attached hydrogens (tertiary/aromatic N) is 1. The van der Waals surface area contributed by atoms with Crippen LogP contribution in [0.5, 0.6) is 0 Å². The molecule has 0 bridgehead atoms. The van der Waals surface area contributed by atoms with Gasteiger partial charge in [0.15, 0.2) is 0 Å². The molecule has 0 aliphatic rings. The summed E-state index contributed by atoms with van der Waals surface area (Å²) in [4.78, 5) is 4.16. The summed E-state index contributed by atoms with van der Waals surface area (Å²) in [7, 11) is 0. The first-order chi connectivity index (χ1) is 7.27. The minimum Gasteiger partial charge on any atom is -0.469 e. The molecule has 0 radical (unpaired) electrons. The molecule has 0 fully saturated rings. The third-order valence-corrected chi connectivity index (χ3v) is 2.46. The molecule has 0 aliphatic carbocycles.